The van der Waals surface area contributed by atoms with Crippen molar-refractivity contribution in [3.63, 3.8) is 0 Å². The highest BCUT2D eigenvalue weighted by molar-refractivity contribution is 7.80. The molecule has 1 saturated heterocycles. The van der Waals surface area contributed by atoms with Crippen LogP contribution in [0.4, 0.5) is 5.69 Å². The topological polar surface area (TPSA) is 19.6 Å². The molecule has 6 heteroatoms. The lowest BCUT2D eigenvalue weighted by atomic mass is 10.1. The summed E-state index contributed by atoms with van der Waals surface area (Å²) < 4.78 is 6.01. The fraction of sp³-hybridized carbons (Fsp3) is 0.227. The van der Waals surface area contributed by atoms with E-state index in [0.29, 0.717) is 15.8 Å². The fourth-order valence-corrected chi connectivity index (χ4v) is 4.07. The molecule has 0 radical (unpaired) electrons. The summed E-state index contributed by atoms with van der Waals surface area (Å²) in [5, 5.41) is 1.03. The Hall–Kier alpha value is -2.01. The van der Waals surface area contributed by atoms with Crippen molar-refractivity contribution in [2.75, 3.05) is 31.1 Å². The van der Waals surface area contributed by atoms with Crippen molar-refractivity contribution in [2.45, 2.75) is 6.92 Å². The number of hydrogen-bond acceptors (Lipinski definition) is 3. The highest BCUT2D eigenvalue weighted by Crippen LogP contribution is 2.30. The predicted molar refractivity (Wildman–Crippen MR) is 121 cm³/mol. The Labute approximate surface area is 180 Å². The molecule has 0 saturated carbocycles. The molecule has 1 aliphatic heterocycles. The van der Waals surface area contributed by atoms with Crippen LogP contribution in [0.1, 0.15) is 11.3 Å². The maximum atomic E-state index is 6.12. The number of aryl methyl sites for hydroxylation is 1. The molecule has 1 aliphatic rings. The highest BCUT2D eigenvalue weighted by Gasteiger charge is 2.22. The Morgan fingerprint density at radius 1 is 0.929 bits per heavy atom. The Morgan fingerprint density at radius 2 is 1.68 bits per heavy atom. The highest BCUT2D eigenvalue weighted by atomic mass is 35.5. The molecule has 3 aromatic rings. The lowest BCUT2D eigenvalue weighted by molar-refractivity contribution is 0.385. The second-order valence-corrected chi connectivity index (χ2v) is 8.06. The molecule has 0 atom stereocenters. The Kier molecular flexibility index (Phi) is 5.63. The third kappa shape index (κ3) is 3.90. The minimum Gasteiger partial charge on any atom is -0.454 e. The summed E-state index contributed by atoms with van der Waals surface area (Å²) in [5.41, 5.74) is 3.48. The molecule has 0 amide bonds. The van der Waals surface area contributed by atoms with Gasteiger partial charge in [-0.1, -0.05) is 53.6 Å². The van der Waals surface area contributed by atoms with Gasteiger partial charge >= 0.3 is 0 Å². The van der Waals surface area contributed by atoms with Crippen LogP contribution in [0.5, 0.6) is 0 Å². The van der Waals surface area contributed by atoms with Crippen LogP contribution in [-0.2, 0) is 0 Å². The maximum absolute atomic E-state index is 6.12. The van der Waals surface area contributed by atoms with Crippen molar-refractivity contribution >= 4 is 46.1 Å². The summed E-state index contributed by atoms with van der Waals surface area (Å²) in [6.07, 6.45) is 0. The number of hydrogen-bond donors (Lipinski definition) is 0. The van der Waals surface area contributed by atoms with Gasteiger partial charge < -0.3 is 14.2 Å². The van der Waals surface area contributed by atoms with E-state index in [0.717, 1.165) is 42.5 Å². The first kappa shape index (κ1) is 19.3. The van der Waals surface area contributed by atoms with Crippen LogP contribution in [-0.4, -0.2) is 36.1 Å². The minimum absolute atomic E-state index is 0.507. The van der Waals surface area contributed by atoms with Crippen LogP contribution in [0.15, 0.2) is 59.0 Å². The van der Waals surface area contributed by atoms with Crippen molar-refractivity contribution in [3.8, 4) is 11.3 Å². The van der Waals surface area contributed by atoms with Gasteiger partial charge in [-0.15, -0.1) is 0 Å². The second kappa shape index (κ2) is 8.16. The third-order valence-corrected chi connectivity index (χ3v) is 6.24. The van der Waals surface area contributed by atoms with E-state index in [1.54, 1.807) is 12.1 Å². The van der Waals surface area contributed by atoms with Crippen molar-refractivity contribution in [1.29, 1.82) is 0 Å². The lowest BCUT2D eigenvalue weighted by Crippen LogP contribution is -2.48. The summed E-state index contributed by atoms with van der Waals surface area (Å²) in [5.74, 6) is 1.44. The van der Waals surface area contributed by atoms with E-state index >= 15 is 0 Å². The zero-order chi connectivity index (χ0) is 19.7. The van der Waals surface area contributed by atoms with E-state index in [1.807, 2.05) is 18.2 Å². The molecule has 0 spiro atoms. The number of benzene rings is 2. The number of thiocarbonyl (C=S) groups is 1. The van der Waals surface area contributed by atoms with Crippen LogP contribution < -0.4 is 4.90 Å². The molecule has 2 heterocycles. The summed E-state index contributed by atoms with van der Waals surface area (Å²) in [6, 6.07) is 17.8. The van der Waals surface area contributed by atoms with Crippen molar-refractivity contribution in [1.82, 2.24) is 4.90 Å². The molecule has 1 aromatic heterocycles. The van der Waals surface area contributed by atoms with Gasteiger partial charge in [0.1, 0.15) is 10.7 Å². The van der Waals surface area contributed by atoms with E-state index in [9.17, 15) is 0 Å². The van der Waals surface area contributed by atoms with Crippen LogP contribution in [0.2, 0.25) is 10.0 Å². The van der Waals surface area contributed by atoms with Gasteiger partial charge in [-0.2, -0.15) is 0 Å². The van der Waals surface area contributed by atoms with Crippen molar-refractivity contribution in [2.24, 2.45) is 0 Å². The van der Waals surface area contributed by atoms with Crippen LogP contribution in [0.3, 0.4) is 0 Å². The zero-order valence-corrected chi connectivity index (χ0v) is 17.8. The molecular formula is C22H20Cl2N2OS. The van der Waals surface area contributed by atoms with Gasteiger partial charge in [0, 0.05) is 37.4 Å². The monoisotopic (exact) mass is 430 g/mol. The van der Waals surface area contributed by atoms with Gasteiger partial charge in [-0.05, 0) is 48.9 Å². The average molecular weight is 431 g/mol. The Bertz CT molecular complexity index is 1010. The van der Waals surface area contributed by atoms with Gasteiger partial charge in [0.25, 0.3) is 0 Å². The molecule has 3 nitrogen and oxygen atoms in total. The molecule has 0 bridgehead atoms. The quantitative estimate of drug-likeness (QED) is 0.470. The number of anilines is 1. The second-order valence-electron chi connectivity index (χ2n) is 6.86. The van der Waals surface area contributed by atoms with Crippen molar-refractivity contribution in [3.05, 3.63) is 76.0 Å². The molecular weight excluding hydrogens is 411 g/mol. The van der Waals surface area contributed by atoms with E-state index in [2.05, 4.69) is 41.0 Å². The van der Waals surface area contributed by atoms with Crippen LogP contribution in [0.25, 0.3) is 11.3 Å². The van der Waals surface area contributed by atoms with E-state index in [-0.39, 0.29) is 0 Å². The number of halogens is 2. The number of piperazine rings is 1. The molecule has 144 valence electrons. The van der Waals surface area contributed by atoms with E-state index in [1.165, 1.54) is 11.3 Å². The molecule has 2 aromatic carbocycles. The van der Waals surface area contributed by atoms with Gasteiger partial charge in [0.15, 0.2) is 5.76 Å². The lowest BCUT2D eigenvalue weighted by Gasteiger charge is -2.37. The Morgan fingerprint density at radius 3 is 2.39 bits per heavy atom. The first-order chi connectivity index (χ1) is 13.5. The fourth-order valence-electron chi connectivity index (χ4n) is 3.48. The summed E-state index contributed by atoms with van der Waals surface area (Å²) in [7, 11) is 0. The van der Waals surface area contributed by atoms with Gasteiger partial charge in [-0.3, -0.25) is 0 Å². The van der Waals surface area contributed by atoms with E-state index in [4.69, 9.17) is 39.8 Å². The first-order valence-corrected chi connectivity index (χ1v) is 10.3. The smallest absolute Gasteiger partial charge is 0.162 e. The Balaban J connectivity index is 1.44. The summed E-state index contributed by atoms with van der Waals surface area (Å²) in [6.45, 7) is 5.77. The first-order valence-electron chi connectivity index (χ1n) is 9.18. The van der Waals surface area contributed by atoms with E-state index < -0.39 is 0 Å². The standard InChI is InChI=1S/C22H20Cl2N2OS/c1-15-4-2-3-5-19(15)25-10-12-26(13-11-25)22(28)21-9-8-20(27-21)16-6-7-17(23)18(24)14-16/h2-9,14H,10-13H2,1H3. The normalized spacial score (nSPS) is 14.4. The van der Waals surface area contributed by atoms with Crippen LogP contribution in [0, 0.1) is 6.92 Å². The van der Waals surface area contributed by atoms with Gasteiger partial charge in [0.05, 0.1) is 10.0 Å². The SMILES string of the molecule is Cc1ccccc1N1CCN(C(=S)c2ccc(-c3ccc(Cl)c(Cl)c3)o2)CC1. The largest absolute Gasteiger partial charge is 0.454 e. The number of rotatable bonds is 3. The summed E-state index contributed by atoms with van der Waals surface area (Å²) >= 11 is 17.8. The molecule has 28 heavy (non-hydrogen) atoms. The minimum atomic E-state index is 0.507. The average Bonchev–Trinajstić information content (AvgIpc) is 3.20. The van der Waals surface area contributed by atoms with Gasteiger partial charge in [-0.25, -0.2) is 0 Å². The number of nitrogens with zero attached hydrogens (tertiary/aromatic N) is 2. The predicted octanol–water partition coefficient (Wildman–Crippen LogP) is 6.06. The van der Waals surface area contributed by atoms with Gasteiger partial charge in [0.2, 0.25) is 0 Å². The maximum Gasteiger partial charge on any atom is 0.162 e. The number of para-hydroxylation sites is 1. The van der Waals surface area contributed by atoms with Crippen LogP contribution >= 0.6 is 35.4 Å². The summed E-state index contributed by atoms with van der Waals surface area (Å²) in [4.78, 5) is 5.37. The molecule has 4 rings (SSSR count). The molecule has 0 unspecified atom stereocenters. The zero-order valence-electron chi connectivity index (χ0n) is 15.5. The third-order valence-electron chi connectivity index (χ3n) is 5.04. The van der Waals surface area contributed by atoms with Crippen molar-refractivity contribution < 1.29 is 4.42 Å². The molecule has 0 aliphatic carbocycles. The number of furan rings is 1. The molecule has 1 fully saturated rings. The molecule has 0 N–H and O–H groups in total.